The molecular weight excluding hydrogens is 248 g/mol. The summed E-state index contributed by atoms with van der Waals surface area (Å²) in [4.78, 5) is 15.6. The van der Waals surface area contributed by atoms with Gasteiger partial charge in [-0.3, -0.25) is 9.78 Å². The quantitative estimate of drug-likeness (QED) is 0.860. The Labute approximate surface area is 119 Å². The van der Waals surface area contributed by atoms with Gasteiger partial charge in [-0.15, -0.1) is 0 Å². The van der Waals surface area contributed by atoms with Crippen molar-refractivity contribution in [3.8, 4) is 11.8 Å². The minimum absolute atomic E-state index is 0.0104. The molecule has 1 heterocycles. The maximum absolute atomic E-state index is 11.6. The standard InChI is InChI=1S/C17H16N2O/c20-17(11-10-16-9-4-12-18-14-16)19-13-5-8-15-6-2-1-3-7-15/h1-4,6-7,9,12,14H,10-11,13H2,(H,19,20). The predicted molar refractivity (Wildman–Crippen MR) is 78.9 cm³/mol. The second kappa shape index (κ2) is 7.75. The van der Waals surface area contributed by atoms with E-state index in [2.05, 4.69) is 22.1 Å². The molecule has 1 aromatic carbocycles. The number of nitrogens with one attached hydrogen (secondary N) is 1. The highest BCUT2D eigenvalue weighted by Gasteiger charge is 2.00. The average Bonchev–Trinajstić information content (AvgIpc) is 2.52. The Bertz CT molecular complexity index is 597. The van der Waals surface area contributed by atoms with Crippen molar-refractivity contribution in [1.82, 2.24) is 10.3 Å². The Morgan fingerprint density at radius 2 is 2.00 bits per heavy atom. The van der Waals surface area contributed by atoms with Gasteiger partial charge in [-0.25, -0.2) is 0 Å². The van der Waals surface area contributed by atoms with Crippen molar-refractivity contribution in [1.29, 1.82) is 0 Å². The molecular formula is C17H16N2O. The van der Waals surface area contributed by atoms with Gasteiger partial charge in [0.2, 0.25) is 5.91 Å². The summed E-state index contributed by atoms with van der Waals surface area (Å²) in [5.41, 5.74) is 2.02. The van der Waals surface area contributed by atoms with Gasteiger partial charge < -0.3 is 5.32 Å². The first-order valence-corrected chi connectivity index (χ1v) is 6.54. The number of carbonyl (C=O) groups excluding carboxylic acids is 1. The zero-order valence-electron chi connectivity index (χ0n) is 11.2. The van der Waals surface area contributed by atoms with E-state index >= 15 is 0 Å². The zero-order valence-corrected chi connectivity index (χ0v) is 11.2. The maximum Gasteiger partial charge on any atom is 0.221 e. The molecule has 100 valence electrons. The van der Waals surface area contributed by atoms with Crippen LogP contribution in [0.4, 0.5) is 0 Å². The highest BCUT2D eigenvalue weighted by atomic mass is 16.1. The number of aromatic nitrogens is 1. The first-order chi connectivity index (χ1) is 9.84. The van der Waals surface area contributed by atoms with Crippen molar-refractivity contribution in [2.24, 2.45) is 0 Å². The normalized spacial score (nSPS) is 9.40. The highest BCUT2D eigenvalue weighted by Crippen LogP contribution is 1.99. The Balaban J connectivity index is 1.70. The summed E-state index contributed by atoms with van der Waals surface area (Å²) in [6.45, 7) is 0.376. The SMILES string of the molecule is O=C(CCc1cccnc1)NCC#Cc1ccccc1. The van der Waals surface area contributed by atoms with Crippen molar-refractivity contribution < 1.29 is 4.79 Å². The lowest BCUT2D eigenvalue weighted by molar-refractivity contribution is -0.120. The van der Waals surface area contributed by atoms with E-state index in [-0.39, 0.29) is 5.91 Å². The number of rotatable bonds is 4. The molecule has 3 nitrogen and oxygen atoms in total. The molecule has 1 amide bonds. The molecule has 2 rings (SSSR count). The number of benzene rings is 1. The van der Waals surface area contributed by atoms with E-state index in [0.29, 0.717) is 19.4 Å². The van der Waals surface area contributed by atoms with Crippen LogP contribution in [0, 0.1) is 11.8 Å². The Kier molecular flexibility index (Phi) is 5.36. The number of hydrogen-bond donors (Lipinski definition) is 1. The first kappa shape index (κ1) is 13.8. The Morgan fingerprint density at radius 1 is 1.15 bits per heavy atom. The largest absolute Gasteiger partial charge is 0.345 e. The van der Waals surface area contributed by atoms with Crippen molar-refractivity contribution in [3.05, 3.63) is 66.0 Å². The predicted octanol–water partition coefficient (Wildman–Crippen LogP) is 2.18. The number of pyridine rings is 1. The third-order valence-corrected chi connectivity index (χ3v) is 2.74. The lowest BCUT2D eigenvalue weighted by atomic mass is 10.1. The summed E-state index contributed by atoms with van der Waals surface area (Å²) in [6.07, 6.45) is 4.66. The number of aryl methyl sites for hydroxylation is 1. The summed E-state index contributed by atoms with van der Waals surface area (Å²) < 4.78 is 0. The Hall–Kier alpha value is -2.60. The molecule has 1 N–H and O–H groups in total. The van der Waals surface area contributed by atoms with Crippen LogP contribution in [0.3, 0.4) is 0 Å². The maximum atomic E-state index is 11.6. The molecule has 3 heteroatoms. The van der Waals surface area contributed by atoms with E-state index in [0.717, 1.165) is 11.1 Å². The van der Waals surface area contributed by atoms with Gasteiger partial charge in [0.15, 0.2) is 0 Å². The molecule has 0 fully saturated rings. The summed E-state index contributed by atoms with van der Waals surface area (Å²) in [5, 5.41) is 2.79. The van der Waals surface area contributed by atoms with E-state index in [1.165, 1.54) is 0 Å². The smallest absolute Gasteiger partial charge is 0.221 e. The van der Waals surface area contributed by atoms with Gasteiger partial charge in [-0.1, -0.05) is 36.1 Å². The van der Waals surface area contributed by atoms with Gasteiger partial charge in [0, 0.05) is 24.4 Å². The molecule has 0 saturated heterocycles. The molecule has 20 heavy (non-hydrogen) atoms. The van der Waals surface area contributed by atoms with Crippen LogP contribution in [-0.2, 0) is 11.2 Å². The van der Waals surface area contributed by atoms with E-state index in [9.17, 15) is 4.79 Å². The van der Waals surface area contributed by atoms with Crippen molar-refractivity contribution in [2.45, 2.75) is 12.8 Å². The average molecular weight is 264 g/mol. The lowest BCUT2D eigenvalue weighted by Gasteiger charge is -2.01. The van der Waals surface area contributed by atoms with Crippen LogP contribution in [0.1, 0.15) is 17.5 Å². The molecule has 0 atom stereocenters. The Morgan fingerprint density at radius 3 is 2.75 bits per heavy atom. The summed E-state index contributed by atoms with van der Waals surface area (Å²) in [6, 6.07) is 13.6. The van der Waals surface area contributed by atoms with Crippen LogP contribution in [0.2, 0.25) is 0 Å². The molecule has 0 aliphatic rings. The second-order valence-corrected chi connectivity index (χ2v) is 4.31. The summed E-state index contributed by atoms with van der Waals surface area (Å²) in [7, 11) is 0. The molecule has 0 radical (unpaired) electrons. The van der Waals surface area contributed by atoms with Gasteiger partial charge in [0.25, 0.3) is 0 Å². The number of amides is 1. The van der Waals surface area contributed by atoms with Gasteiger partial charge >= 0.3 is 0 Å². The van der Waals surface area contributed by atoms with E-state index in [1.54, 1.807) is 12.4 Å². The van der Waals surface area contributed by atoms with Gasteiger partial charge in [-0.2, -0.15) is 0 Å². The van der Waals surface area contributed by atoms with Crippen LogP contribution in [0.5, 0.6) is 0 Å². The summed E-state index contributed by atoms with van der Waals surface area (Å²) in [5.74, 6) is 5.95. The molecule has 0 aliphatic heterocycles. The van der Waals surface area contributed by atoms with E-state index in [4.69, 9.17) is 0 Å². The zero-order chi connectivity index (χ0) is 14.0. The van der Waals surface area contributed by atoms with E-state index in [1.807, 2.05) is 42.5 Å². The second-order valence-electron chi connectivity index (χ2n) is 4.31. The van der Waals surface area contributed by atoms with Crippen LogP contribution >= 0.6 is 0 Å². The minimum atomic E-state index is 0.0104. The van der Waals surface area contributed by atoms with Crippen LogP contribution in [-0.4, -0.2) is 17.4 Å². The fourth-order valence-electron chi connectivity index (χ4n) is 1.70. The highest BCUT2D eigenvalue weighted by molar-refractivity contribution is 5.76. The monoisotopic (exact) mass is 264 g/mol. The molecule has 1 aromatic heterocycles. The number of nitrogens with zero attached hydrogens (tertiary/aromatic N) is 1. The third kappa shape index (κ3) is 4.95. The molecule has 0 spiro atoms. The van der Waals surface area contributed by atoms with Crippen LogP contribution in [0.15, 0.2) is 54.9 Å². The molecule has 0 saturated carbocycles. The molecule has 0 unspecified atom stereocenters. The number of hydrogen-bond acceptors (Lipinski definition) is 2. The molecule has 2 aromatic rings. The van der Waals surface area contributed by atoms with Gasteiger partial charge in [-0.05, 0) is 30.2 Å². The topological polar surface area (TPSA) is 42.0 Å². The third-order valence-electron chi connectivity index (χ3n) is 2.74. The van der Waals surface area contributed by atoms with Crippen LogP contribution in [0.25, 0.3) is 0 Å². The van der Waals surface area contributed by atoms with Crippen molar-refractivity contribution >= 4 is 5.91 Å². The number of carbonyl (C=O) groups is 1. The van der Waals surface area contributed by atoms with Crippen LogP contribution < -0.4 is 5.32 Å². The summed E-state index contributed by atoms with van der Waals surface area (Å²) >= 11 is 0. The van der Waals surface area contributed by atoms with Gasteiger partial charge in [0.05, 0.1) is 6.54 Å². The van der Waals surface area contributed by atoms with Gasteiger partial charge in [0.1, 0.15) is 0 Å². The fraction of sp³-hybridized carbons (Fsp3) is 0.176. The first-order valence-electron chi connectivity index (χ1n) is 6.54. The minimum Gasteiger partial charge on any atom is -0.345 e. The fourth-order valence-corrected chi connectivity index (χ4v) is 1.70. The molecule has 0 bridgehead atoms. The lowest BCUT2D eigenvalue weighted by Crippen LogP contribution is -2.23. The van der Waals surface area contributed by atoms with Crippen molar-refractivity contribution in [2.75, 3.05) is 6.54 Å². The molecule has 0 aliphatic carbocycles. The van der Waals surface area contributed by atoms with E-state index < -0.39 is 0 Å². The van der Waals surface area contributed by atoms with Crippen molar-refractivity contribution in [3.63, 3.8) is 0 Å².